The highest BCUT2D eigenvalue weighted by Gasteiger charge is 2.70. The van der Waals surface area contributed by atoms with E-state index in [0.29, 0.717) is 17.9 Å². The number of hydrogen-bond acceptors (Lipinski definition) is 3. The van der Waals surface area contributed by atoms with E-state index in [2.05, 4.69) is 13.5 Å². The standard InChI is InChI=1S/C14H22O3/c1-8(7-15)9(2)14-6-10-5-11(16)3-4-12(10)13(14)17-14/h9-13,15-16H,1,3-7H2,2H3/t9?,10-,11-,12?,13+,14+/m0/s1. The number of fused-ring (bicyclic) bond motifs is 3. The lowest BCUT2D eigenvalue weighted by molar-refractivity contribution is 0.0411. The van der Waals surface area contributed by atoms with Crippen LogP contribution in [0.3, 0.4) is 0 Å². The molecule has 3 rings (SSSR count). The predicted octanol–water partition coefficient (Wildman–Crippen LogP) is 1.49. The molecule has 2 unspecified atom stereocenters. The quantitative estimate of drug-likeness (QED) is 0.578. The smallest absolute Gasteiger partial charge is 0.102 e. The summed E-state index contributed by atoms with van der Waals surface area (Å²) in [5.41, 5.74) is 0.825. The van der Waals surface area contributed by atoms with Gasteiger partial charge in [0, 0.05) is 5.92 Å². The molecule has 6 atom stereocenters. The number of rotatable bonds is 3. The Morgan fingerprint density at radius 3 is 3.00 bits per heavy atom. The average molecular weight is 238 g/mol. The molecule has 1 heterocycles. The third-order valence-electron chi connectivity index (χ3n) is 5.30. The minimum atomic E-state index is -0.109. The van der Waals surface area contributed by atoms with Crippen molar-refractivity contribution >= 4 is 0 Å². The van der Waals surface area contributed by atoms with Crippen LogP contribution in [0.2, 0.25) is 0 Å². The Morgan fingerprint density at radius 2 is 2.29 bits per heavy atom. The molecule has 0 bridgehead atoms. The number of epoxide rings is 1. The fraction of sp³-hybridized carbons (Fsp3) is 0.857. The van der Waals surface area contributed by atoms with Gasteiger partial charge in [-0.25, -0.2) is 0 Å². The average Bonchev–Trinajstić information content (AvgIpc) is 2.95. The second kappa shape index (κ2) is 3.81. The van der Waals surface area contributed by atoms with Gasteiger partial charge in [-0.05, 0) is 43.1 Å². The highest BCUT2D eigenvalue weighted by molar-refractivity contribution is 5.23. The molecule has 3 heteroatoms. The molecule has 0 radical (unpaired) electrons. The first-order valence-corrected chi connectivity index (χ1v) is 6.73. The van der Waals surface area contributed by atoms with Crippen molar-refractivity contribution in [2.45, 2.75) is 50.4 Å². The van der Waals surface area contributed by atoms with E-state index >= 15 is 0 Å². The molecule has 1 aliphatic heterocycles. The zero-order valence-electron chi connectivity index (χ0n) is 10.4. The summed E-state index contributed by atoms with van der Waals surface area (Å²) < 4.78 is 5.98. The van der Waals surface area contributed by atoms with E-state index < -0.39 is 0 Å². The van der Waals surface area contributed by atoms with Gasteiger partial charge in [0.1, 0.15) is 5.60 Å². The molecule has 0 aromatic rings. The molecule has 0 aromatic carbocycles. The van der Waals surface area contributed by atoms with Crippen LogP contribution in [0.15, 0.2) is 12.2 Å². The summed E-state index contributed by atoms with van der Waals surface area (Å²) in [5, 5.41) is 18.9. The number of ether oxygens (including phenoxy) is 1. The largest absolute Gasteiger partial charge is 0.393 e. The van der Waals surface area contributed by atoms with Gasteiger partial charge in [0.05, 0.1) is 18.8 Å². The van der Waals surface area contributed by atoms with E-state index in [1.807, 2.05) is 0 Å². The van der Waals surface area contributed by atoms with Crippen LogP contribution in [-0.4, -0.2) is 34.6 Å². The summed E-state index contributed by atoms with van der Waals surface area (Å²) in [5.74, 6) is 1.49. The van der Waals surface area contributed by atoms with E-state index in [1.165, 1.54) is 0 Å². The first-order valence-electron chi connectivity index (χ1n) is 6.73. The molecular formula is C14H22O3. The fourth-order valence-electron chi connectivity index (χ4n) is 4.13. The van der Waals surface area contributed by atoms with Gasteiger partial charge in [-0.1, -0.05) is 13.5 Å². The van der Waals surface area contributed by atoms with Crippen LogP contribution in [-0.2, 0) is 4.74 Å². The van der Waals surface area contributed by atoms with Gasteiger partial charge in [-0.3, -0.25) is 0 Å². The number of aliphatic hydroxyl groups is 2. The molecule has 3 nitrogen and oxygen atoms in total. The van der Waals surface area contributed by atoms with Crippen LogP contribution in [0.5, 0.6) is 0 Å². The monoisotopic (exact) mass is 238 g/mol. The van der Waals surface area contributed by atoms with Crippen LogP contribution in [0.25, 0.3) is 0 Å². The zero-order chi connectivity index (χ0) is 12.2. The highest BCUT2D eigenvalue weighted by atomic mass is 16.6. The van der Waals surface area contributed by atoms with Gasteiger partial charge in [0.2, 0.25) is 0 Å². The van der Waals surface area contributed by atoms with Gasteiger partial charge in [-0.2, -0.15) is 0 Å². The summed E-state index contributed by atoms with van der Waals surface area (Å²) in [6.45, 7) is 6.11. The predicted molar refractivity (Wildman–Crippen MR) is 64.4 cm³/mol. The lowest BCUT2D eigenvalue weighted by atomic mass is 9.79. The molecule has 17 heavy (non-hydrogen) atoms. The molecule has 0 amide bonds. The van der Waals surface area contributed by atoms with Gasteiger partial charge in [-0.15, -0.1) is 0 Å². The second-order valence-electron chi connectivity index (χ2n) is 6.13. The summed E-state index contributed by atoms with van der Waals surface area (Å²) >= 11 is 0. The summed E-state index contributed by atoms with van der Waals surface area (Å²) in [7, 11) is 0. The van der Waals surface area contributed by atoms with Gasteiger partial charge in [0.25, 0.3) is 0 Å². The molecule has 3 aliphatic rings. The molecule has 96 valence electrons. The maximum Gasteiger partial charge on any atom is 0.102 e. The third kappa shape index (κ3) is 1.60. The van der Waals surface area contributed by atoms with Crippen molar-refractivity contribution in [3.8, 4) is 0 Å². The molecule has 1 saturated heterocycles. The first kappa shape index (κ1) is 11.7. The Bertz CT molecular complexity index is 340. The zero-order valence-corrected chi connectivity index (χ0v) is 10.4. The van der Waals surface area contributed by atoms with Crippen molar-refractivity contribution in [2.75, 3.05) is 6.61 Å². The van der Waals surface area contributed by atoms with Crippen molar-refractivity contribution in [3.05, 3.63) is 12.2 Å². The maximum atomic E-state index is 9.74. The van der Waals surface area contributed by atoms with Crippen molar-refractivity contribution in [1.82, 2.24) is 0 Å². The van der Waals surface area contributed by atoms with E-state index in [1.54, 1.807) is 0 Å². The van der Waals surface area contributed by atoms with E-state index in [4.69, 9.17) is 4.74 Å². The van der Waals surface area contributed by atoms with Gasteiger partial charge < -0.3 is 14.9 Å². The van der Waals surface area contributed by atoms with Crippen molar-refractivity contribution < 1.29 is 14.9 Å². The normalized spacial score (nSPS) is 49.4. The van der Waals surface area contributed by atoms with Gasteiger partial charge in [0.15, 0.2) is 0 Å². The van der Waals surface area contributed by atoms with E-state index in [9.17, 15) is 10.2 Å². The number of aliphatic hydroxyl groups excluding tert-OH is 2. The molecule has 2 N–H and O–H groups in total. The van der Waals surface area contributed by atoms with Crippen molar-refractivity contribution in [3.63, 3.8) is 0 Å². The Labute approximate surface area is 102 Å². The lowest BCUT2D eigenvalue weighted by Gasteiger charge is -2.30. The van der Waals surface area contributed by atoms with Gasteiger partial charge >= 0.3 is 0 Å². The molecule has 0 spiro atoms. The number of hydrogen-bond donors (Lipinski definition) is 2. The Balaban J connectivity index is 1.74. The van der Waals surface area contributed by atoms with Crippen molar-refractivity contribution in [1.29, 1.82) is 0 Å². The molecule has 2 aliphatic carbocycles. The first-order chi connectivity index (χ1) is 8.08. The summed E-state index contributed by atoms with van der Waals surface area (Å²) in [6, 6.07) is 0. The Kier molecular flexibility index (Phi) is 2.62. The van der Waals surface area contributed by atoms with Crippen molar-refractivity contribution in [2.24, 2.45) is 17.8 Å². The van der Waals surface area contributed by atoms with Crippen LogP contribution in [0, 0.1) is 17.8 Å². The van der Waals surface area contributed by atoms with E-state index in [-0.39, 0.29) is 24.2 Å². The fourth-order valence-corrected chi connectivity index (χ4v) is 4.13. The molecule has 0 aromatic heterocycles. The molecular weight excluding hydrogens is 216 g/mol. The van der Waals surface area contributed by atoms with Crippen LogP contribution in [0.1, 0.15) is 32.6 Å². The summed E-state index contributed by atoms with van der Waals surface area (Å²) in [6.07, 6.45) is 4.24. The molecule has 2 saturated carbocycles. The van der Waals surface area contributed by atoms with E-state index in [0.717, 1.165) is 31.3 Å². The minimum absolute atomic E-state index is 0.0525. The Hall–Kier alpha value is -0.380. The topological polar surface area (TPSA) is 53.0 Å². The Morgan fingerprint density at radius 1 is 1.53 bits per heavy atom. The summed E-state index contributed by atoms with van der Waals surface area (Å²) in [4.78, 5) is 0. The van der Waals surface area contributed by atoms with Crippen LogP contribution >= 0.6 is 0 Å². The third-order valence-corrected chi connectivity index (χ3v) is 5.30. The van der Waals surface area contributed by atoms with Crippen LogP contribution in [0.4, 0.5) is 0 Å². The molecule has 3 fully saturated rings. The highest BCUT2D eigenvalue weighted by Crippen LogP contribution is 2.63. The maximum absolute atomic E-state index is 9.74. The lowest BCUT2D eigenvalue weighted by Crippen LogP contribution is -2.28. The van der Waals surface area contributed by atoms with Crippen LogP contribution < -0.4 is 0 Å². The minimum Gasteiger partial charge on any atom is -0.393 e. The SMILES string of the molecule is C=C(CO)C(C)[C@]12C[C@@H]3C[C@@H](O)CCC3[C@H]1O2. The second-order valence-corrected chi connectivity index (χ2v) is 6.13.